The topological polar surface area (TPSA) is 128 Å². The second-order valence-corrected chi connectivity index (χ2v) is 14.6. The summed E-state index contributed by atoms with van der Waals surface area (Å²) in [7, 11) is -4.68. The van der Waals surface area contributed by atoms with Crippen LogP contribution in [-0.2, 0) is 27.4 Å². The first-order chi connectivity index (χ1) is 22.4. The number of nitrogens with zero attached hydrogens (tertiary/aromatic N) is 4. The molecule has 48 heavy (non-hydrogen) atoms. The van der Waals surface area contributed by atoms with Crippen LogP contribution in [0.1, 0.15) is 88.8 Å². The lowest BCUT2D eigenvalue weighted by Gasteiger charge is -2.24. The van der Waals surface area contributed by atoms with Crippen molar-refractivity contribution in [3.63, 3.8) is 0 Å². The number of unbranched alkanes of at least 4 members (excludes halogenated alkanes) is 7. The van der Waals surface area contributed by atoms with Gasteiger partial charge in [-0.15, -0.1) is 0 Å². The van der Waals surface area contributed by atoms with Gasteiger partial charge in [-0.05, 0) is 51.3 Å². The third kappa shape index (κ3) is 10.8. The van der Waals surface area contributed by atoms with Crippen molar-refractivity contribution < 1.29 is 44.7 Å². The fraction of sp³-hybridized carbons (Fsp3) is 0.656. The van der Waals surface area contributed by atoms with Crippen molar-refractivity contribution in [2.45, 2.75) is 125 Å². The molecule has 1 saturated carbocycles. The number of carbonyl (C=O) groups is 1. The van der Waals surface area contributed by atoms with Crippen LogP contribution in [-0.4, -0.2) is 65.4 Å². The summed E-state index contributed by atoms with van der Waals surface area (Å²) < 4.78 is 105. The number of halogens is 6. The van der Waals surface area contributed by atoms with Crippen LogP contribution in [0.15, 0.2) is 35.2 Å². The van der Waals surface area contributed by atoms with Crippen molar-refractivity contribution in [2.75, 3.05) is 18.0 Å². The summed E-state index contributed by atoms with van der Waals surface area (Å²) in [5.74, 6) is -1.81. The van der Waals surface area contributed by atoms with Crippen LogP contribution >= 0.6 is 0 Å². The number of nitriles is 1. The van der Waals surface area contributed by atoms with Crippen LogP contribution in [0, 0.1) is 18.3 Å². The number of anilines is 1. The van der Waals surface area contributed by atoms with Crippen molar-refractivity contribution >= 4 is 21.6 Å². The van der Waals surface area contributed by atoms with Gasteiger partial charge in [-0.25, -0.2) is 17.9 Å². The second-order valence-electron chi connectivity index (χ2n) is 12.4. The smallest absolute Gasteiger partial charge is 0.417 e. The first-order valence-electron chi connectivity index (χ1n) is 16.1. The third-order valence-electron chi connectivity index (χ3n) is 8.45. The van der Waals surface area contributed by atoms with Crippen LogP contribution in [0.2, 0.25) is 0 Å². The molecule has 1 saturated heterocycles. The number of carboxylic acids is 1. The Bertz CT molecular complexity index is 1520. The highest BCUT2D eigenvalue weighted by atomic mass is 32.2. The molecule has 268 valence electrons. The second kappa shape index (κ2) is 16.4. The van der Waals surface area contributed by atoms with Crippen molar-refractivity contribution in [3.05, 3.63) is 41.6 Å². The van der Waals surface area contributed by atoms with E-state index in [9.17, 15) is 44.7 Å². The summed E-state index contributed by atoms with van der Waals surface area (Å²) in [6.45, 7) is 2.49. The van der Waals surface area contributed by atoms with Crippen molar-refractivity contribution in [2.24, 2.45) is 0 Å². The SMILES string of the molecule is CCCCCCCCCCNC1(C#N)CC1.Cc1cc(N2C[C@H](S(=O)(=O)c3ccccc3C(F)(F)F)C[C@H]2C(=O)O)n(CC(F)(F)F)n1. The normalized spacial score (nSPS) is 19.0. The van der Waals surface area contributed by atoms with E-state index in [1.165, 1.54) is 64.4 Å². The van der Waals surface area contributed by atoms with E-state index in [4.69, 9.17) is 5.26 Å². The van der Waals surface area contributed by atoms with E-state index in [1.54, 1.807) is 0 Å². The monoisotopic (exact) mass is 707 g/mol. The summed E-state index contributed by atoms with van der Waals surface area (Å²) in [4.78, 5) is 11.7. The number of nitrogens with one attached hydrogen (secondary N) is 1. The average molecular weight is 708 g/mol. The van der Waals surface area contributed by atoms with E-state index in [1.807, 2.05) is 0 Å². The molecule has 0 radical (unpaired) electrons. The Labute approximate surface area is 277 Å². The summed E-state index contributed by atoms with van der Waals surface area (Å²) in [5.41, 5.74) is -1.38. The Balaban J connectivity index is 0.000000328. The Morgan fingerprint density at radius 1 is 1.06 bits per heavy atom. The summed E-state index contributed by atoms with van der Waals surface area (Å²) in [5, 5.41) is 23.9. The van der Waals surface area contributed by atoms with Crippen LogP contribution in [0.5, 0.6) is 0 Å². The predicted octanol–water partition coefficient (Wildman–Crippen LogP) is 7.05. The number of alkyl halides is 6. The van der Waals surface area contributed by atoms with Crippen molar-refractivity contribution in [1.82, 2.24) is 15.1 Å². The minimum absolute atomic E-state index is 0.110. The summed E-state index contributed by atoms with van der Waals surface area (Å²) in [6, 6.07) is 5.44. The zero-order valence-corrected chi connectivity index (χ0v) is 27.9. The number of rotatable bonds is 15. The number of carboxylic acid groups (broad SMARTS) is 1. The quantitative estimate of drug-likeness (QED) is 0.149. The fourth-order valence-electron chi connectivity index (χ4n) is 5.73. The van der Waals surface area contributed by atoms with Gasteiger partial charge in [0.1, 0.15) is 23.9 Å². The molecule has 16 heteroatoms. The predicted molar refractivity (Wildman–Crippen MR) is 167 cm³/mol. The molecule has 4 rings (SSSR count). The number of aryl methyl sites for hydroxylation is 1. The van der Waals surface area contributed by atoms with Gasteiger partial charge in [0, 0.05) is 12.6 Å². The van der Waals surface area contributed by atoms with E-state index in [0.29, 0.717) is 10.7 Å². The molecule has 2 aliphatic rings. The molecule has 0 bridgehead atoms. The first kappa shape index (κ1) is 39.1. The van der Waals surface area contributed by atoms with Gasteiger partial charge in [0.15, 0.2) is 9.84 Å². The van der Waals surface area contributed by atoms with E-state index in [2.05, 4.69) is 23.4 Å². The molecule has 2 atom stereocenters. The van der Waals surface area contributed by atoms with Gasteiger partial charge in [0.2, 0.25) is 0 Å². The Morgan fingerprint density at radius 3 is 2.21 bits per heavy atom. The molecular formula is C32H43F6N5O4S. The molecule has 2 heterocycles. The maximum absolute atomic E-state index is 13.3. The minimum atomic E-state index is -4.98. The van der Waals surface area contributed by atoms with Gasteiger partial charge in [0.05, 0.1) is 27.5 Å². The highest BCUT2D eigenvalue weighted by Crippen LogP contribution is 2.39. The molecule has 0 unspecified atom stereocenters. The molecule has 2 N–H and O–H groups in total. The van der Waals surface area contributed by atoms with Gasteiger partial charge in [-0.3, -0.25) is 5.32 Å². The lowest BCUT2D eigenvalue weighted by molar-refractivity contribution is -0.142. The lowest BCUT2D eigenvalue weighted by atomic mass is 10.1. The molecule has 1 aromatic carbocycles. The molecule has 0 spiro atoms. The Morgan fingerprint density at radius 2 is 1.67 bits per heavy atom. The Hall–Kier alpha value is -3.32. The van der Waals surface area contributed by atoms with Gasteiger partial charge < -0.3 is 10.0 Å². The van der Waals surface area contributed by atoms with Crippen molar-refractivity contribution in [1.29, 1.82) is 5.26 Å². The molecule has 2 aromatic rings. The number of aliphatic carboxylic acids is 1. The summed E-state index contributed by atoms with van der Waals surface area (Å²) >= 11 is 0. The van der Waals surface area contributed by atoms with Crippen molar-refractivity contribution in [3.8, 4) is 6.07 Å². The summed E-state index contributed by atoms with van der Waals surface area (Å²) in [6.07, 6.45) is 2.69. The number of hydrogen-bond donors (Lipinski definition) is 2. The van der Waals surface area contributed by atoms with Gasteiger partial charge in [-0.1, -0.05) is 64.0 Å². The number of benzene rings is 1. The zero-order valence-electron chi connectivity index (χ0n) is 27.1. The van der Waals surface area contributed by atoms with Crippen LogP contribution in [0.25, 0.3) is 0 Å². The molecule has 2 fully saturated rings. The van der Waals surface area contributed by atoms with Crippen LogP contribution in [0.3, 0.4) is 0 Å². The maximum atomic E-state index is 13.3. The molecule has 9 nitrogen and oxygen atoms in total. The highest BCUT2D eigenvalue weighted by molar-refractivity contribution is 7.92. The van der Waals surface area contributed by atoms with Gasteiger partial charge in [-0.2, -0.15) is 36.7 Å². The fourth-order valence-corrected chi connectivity index (χ4v) is 7.64. The van der Waals surface area contributed by atoms with E-state index in [-0.39, 0.29) is 17.1 Å². The molecular weight excluding hydrogens is 664 g/mol. The maximum Gasteiger partial charge on any atom is 0.417 e. The molecule has 1 aromatic heterocycles. The lowest BCUT2D eigenvalue weighted by Crippen LogP contribution is -2.38. The largest absolute Gasteiger partial charge is 0.480 e. The van der Waals surface area contributed by atoms with Crippen LogP contribution < -0.4 is 10.2 Å². The van der Waals surface area contributed by atoms with E-state index in [0.717, 1.165) is 42.5 Å². The average Bonchev–Trinajstić information content (AvgIpc) is 3.48. The third-order valence-corrected chi connectivity index (χ3v) is 10.6. The molecule has 1 aliphatic carbocycles. The molecule has 0 amide bonds. The minimum Gasteiger partial charge on any atom is -0.480 e. The number of sulfone groups is 1. The zero-order chi connectivity index (χ0) is 35.8. The highest BCUT2D eigenvalue weighted by Gasteiger charge is 2.47. The molecule has 1 aliphatic heterocycles. The van der Waals surface area contributed by atoms with Crippen LogP contribution in [0.4, 0.5) is 32.2 Å². The standard InChI is InChI=1S/C18H17F6N3O4S.C14H26N2/c1-10-6-15(27(25-10)9-17(19,20)21)26-8-11(7-13(26)16(28)29)32(30,31)14-5-3-2-4-12(14)18(22,23)24;1-2-3-4-5-6-7-8-9-12-16-14(13-15)10-11-14/h2-6,11,13H,7-9H2,1H3,(H,28,29);16H,2-12H2,1H3/t11-,13+;/m1./s1. The van der Waals surface area contributed by atoms with E-state index >= 15 is 0 Å². The number of hydrogen-bond acceptors (Lipinski definition) is 7. The van der Waals surface area contributed by atoms with Gasteiger partial charge >= 0.3 is 18.3 Å². The van der Waals surface area contributed by atoms with E-state index < -0.39 is 69.4 Å². The van der Waals surface area contributed by atoms with Gasteiger partial charge in [0.25, 0.3) is 0 Å². The Kier molecular flexibility index (Phi) is 13.4. The first-order valence-corrected chi connectivity index (χ1v) is 17.7. The number of aromatic nitrogens is 2.